The molecule has 3 aliphatic heterocycles. The summed E-state index contributed by atoms with van der Waals surface area (Å²) >= 11 is 0. The van der Waals surface area contributed by atoms with E-state index in [-0.39, 0.29) is 12.0 Å². The van der Waals surface area contributed by atoms with Crippen LogP contribution in [0.5, 0.6) is 28.7 Å². The molecule has 0 saturated heterocycles. The molecule has 2 aromatic carbocycles. The Kier molecular flexibility index (Phi) is 3.66. The lowest BCUT2D eigenvalue weighted by molar-refractivity contribution is 0.0944. The molecule has 0 fully saturated rings. The zero-order valence-corrected chi connectivity index (χ0v) is 15.8. The predicted molar refractivity (Wildman–Crippen MR) is 106 cm³/mol. The topological polar surface area (TPSA) is 46.2 Å². The van der Waals surface area contributed by atoms with E-state index in [4.69, 9.17) is 23.7 Å². The molecule has 5 nitrogen and oxygen atoms in total. The molecule has 0 aliphatic carbocycles. The molecule has 3 heterocycles. The standard InChI is InChI=1S/C23H20O5/c1-12-5-6-15-17(27-12)8-7-14-13(2)22-16-9-19(24-3)20(25-4)10-18(16)26-11-21(22)28-23(14)15/h5-10,21-22H,1-2,11H2,3-4H3/t21-,22+/m1/s1. The molecule has 142 valence electrons. The number of hydrogen-bond donors (Lipinski definition) is 0. The fraction of sp³-hybridized carbons (Fsp3) is 0.217. The number of benzene rings is 2. The zero-order chi connectivity index (χ0) is 19.4. The van der Waals surface area contributed by atoms with Crippen LogP contribution in [0.15, 0.2) is 49.3 Å². The lowest BCUT2D eigenvalue weighted by Gasteiger charge is -2.40. The Bertz CT molecular complexity index is 1050. The average Bonchev–Trinajstić information content (AvgIpc) is 2.72. The average molecular weight is 376 g/mol. The smallest absolute Gasteiger partial charge is 0.164 e. The summed E-state index contributed by atoms with van der Waals surface area (Å²) in [6.07, 6.45) is 3.62. The SMILES string of the molecule is C=C1C=Cc2c(ccc3c2O[C@@H]2COc4cc(OC)c(OC)cc4[C@@H]2C3=C)O1. The van der Waals surface area contributed by atoms with Crippen molar-refractivity contribution in [3.05, 3.63) is 65.9 Å². The van der Waals surface area contributed by atoms with E-state index in [0.717, 1.165) is 39.5 Å². The number of allylic oxidation sites excluding steroid dienone is 1. The highest BCUT2D eigenvalue weighted by atomic mass is 16.5. The summed E-state index contributed by atoms with van der Waals surface area (Å²) < 4.78 is 29.0. The van der Waals surface area contributed by atoms with E-state index >= 15 is 0 Å². The Morgan fingerprint density at radius 3 is 2.57 bits per heavy atom. The normalized spacial score (nSPS) is 21.2. The van der Waals surface area contributed by atoms with E-state index in [0.29, 0.717) is 23.9 Å². The van der Waals surface area contributed by atoms with Crippen LogP contribution in [0.25, 0.3) is 11.6 Å². The van der Waals surface area contributed by atoms with E-state index in [2.05, 4.69) is 13.2 Å². The molecular formula is C23H20O5. The largest absolute Gasteiger partial charge is 0.493 e. The van der Waals surface area contributed by atoms with Crippen LogP contribution in [0.1, 0.15) is 22.6 Å². The minimum absolute atomic E-state index is 0.0300. The summed E-state index contributed by atoms with van der Waals surface area (Å²) in [5.41, 5.74) is 3.86. The number of fused-ring (bicyclic) bond motifs is 6. The molecule has 0 saturated carbocycles. The van der Waals surface area contributed by atoms with Crippen LogP contribution in [0.3, 0.4) is 0 Å². The molecule has 0 unspecified atom stereocenters. The fourth-order valence-corrected chi connectivity index (χ4v) is 4.11. The summed E-state index contributed by atoms with van der Waals surface area (Å²) in [7, 11) is 3.24. The lowest BCUT2D eigenvalue weighted by atomic mass is 9.79. The van der Waals surface area contributed by atoms with Gasteiger partial charge < -0.3 is 23.7 Å². The second kappa shape index (κ2) is 6.09. The van der Waals surface area contributed by atoms with Gasteiger partial charge in [-0.15, -0.1) is 0 Å². The molecular weight excluding hydrogens is 356 g/mol. The van der Waals surface area contributed by atoms with Crippen LogP contribution in [-0.2, 0) is 0 Å². The van der Waals surface area contributed by atoms with Crippen molar-refractivity contribution in [3.63, 3.8) is 0 Å². The first-order valence-electron chi connectivity index (χ1n) is 9.07. The molecule has 5 rings (SSSR count). The summed E-state index contributed by atoms with van der Waals surface area (Å²) in [5, 5.41) is 0. The van der Waals surface area contributed by atoms with E-state index < -0.39 is 0 Å². The molecule has 2 aromatic rings. The molecule has 0 bridgehead atoms. The van der Waals surface area contributed by atoms with Crippen molar-refractivity contribution in [2.75, 3.05) is 20.8 Å². The molecule has 2 atom stereocenters. The van der Waals surface area contributed by atoms with Crippen LogP contribution in [0, 0.1) is 0 Å². The maximum Gasteiger partial charge on any atom is 0.164 e. The molecule has 3 aliphatic rings. The van der Waals surface area contributed by atoms with E-state index in [1.807, 2.05) is 36.4 Å². The fourth-order valence-electron chi connectivity index (χ4n) is 4.11. The van der Waals surface area contributed by atoms with Crippen molar-refractivity contribution in [1.82, 2.24) is 0 Å². The highest BCUT2D eigenvalue weighted by Crippen LogP contribution is 2.53. The highest BCUT2D eigenvalue weighted by molar-refractivity contribution is 5.83. The maximum atomic E-state index is 6.41. The molecule has 5 heteroatoms. The van der Waals surface area contributed by atoms with Crippen molar-refractivity contribution < 1.29 is 23.7 Å². The van der Waals surface area contributed by atoms with Crippen LogP contribution < -0.4 is 23.7 Å². The minimum atomic E-state index is -0.185. The van der Waals surface area contributed by atoms with Gasteiger partial charge in [0.25, 0.3) is 0 Å². The molecule has 28 heavy (non-hydrogen) atoms. The van der Waals surface area contributed by atoms with Crippen LogP contribution in [0.4, 0.5) is 0 Å². The van der Waals surface area contributed by atoms with Gasteiger partial charge in [-0.3, -0.25) is 0 Å². The predicted octanol–water partition coefficient (Wildman–Crippen LogP) is 4.57. The number of hydrogen-bond acceptors (Lipinski definition) is 5. The summed E-state index contributed by atoms with van der Waals surface area (Å²) in [6.45, 7) is 8.69. The highest BCUT2D eigenvalue weighted by Gasteiger charge is 2.41. The van der Waals surface area contributed by atoms with Crippen LogP contribution >= 0.6 is 0 Å². The molecule has 0 spiro atoms. The first-order valence-corrected chi connectivity index (χ1v) is 9.07. The Morgan fingerprint density at radius 1 is 1.00 bits per heavy atom. The van der Waals surface area contributed by atoms with E-state index in [1.54, 1.807) is 14.2 Å². The Labute approximate surface area is 163 Å². The van der Waals surface area contributed by atoms with Gasteiger partial charge in [0.05, 0.1) is 25.7 Å². The van der Waals surface area contributed by atoms with E-state index in [9.17, 15) is 0 Å². The molecule has 0 amide bonds. The van der Waals surface area contributed by atoms with Gasteiger partial charge in [-0.2, -0.15) is 0 Å². The quantitative estimate of drug-likeness (QED) is 0.768. The van der Waals surface area contributed by atoms with Gasteiger partial charge in [0.2, 0.25) is 0 Å². The Hall–Kier alpha value is -3.34. The third-order valence-corrected chi connectivity index (χ3v) is 5.45. The Morgan fingerprint density at radius 2 is 1.79 bits per heavy atom. The first-order chi connectivity index (χ1) is 13.6. The van der Waals surface area contributed by atoms with Crippen molar-refractivity contribution >= 4 is 11.6 Å². The molecule has 0 radical (unpaired) electrons. The molecule has 0 N–H and O–H groups in total. The van der Waals surface area contributed by atoms with Crippen molar-refractivity contribution in [3.8, 4) is 28.7 Å². The second-order valence-corrected chi connectivity index (χ2v) is 6.97. The third-order valence-electron chi connectivity index (χ3n) is 5.45. The number of ether oxygens (including phenoxy) is 5. The zero-order valence-electron chi connectivity index (χ0n) is 15.8. The number of methoxy groups -OCH3 is 2. The molecule has 0 aromatic heterocycles. The van der Waals surface area contributed by atoms with Gasteiger partial charge in [0.15, 0.2) is 11.5 Å². The second-order valence-electron chi connectivity index (χ2n) is 6.97. The van der Waals surface area contributed by atoms with Crippen molar-refractivity contribution in [1.29, 1.82) is 0 Å². The number of rotatable bonds is 2. The summed E-state index contributed by atoms with van der Waals surface area (Å²) in [4.78, 5) is 0. The van der Waals surface area contributed by atoms with Gasteiger partial charge >= 0.3 is 0 Å². The summed E-state index contributed by atoms with van der Waals surface area (Å²) in [5.74, 6) is 4.16. The van der Waals surface area contributed by atoms with Gasteiger partial charge in [-0.1, -0.05) is 13.2 Å². The first kappa shape index (κ1) is 16.8. The van der Waals surface area contributed by atoms with Crippen LogP contribution in [0.2, 0.25) is 0 Å². The van der Waals surface area contributed by atoms with Gasteiger partial charge in [-0.05, 0) is 35.9 Å². The third kappa shape index (κ3) is 2.32. The van der Waals surface area contributed by atoms with Gasteiger partial charge in [0, 0.05) is 17.2 Å². The van der Waals surface area contributed by atoms with Crippen LogP contribution in [-0.4, -0.2) is 26.9 Å². The monoisotopic (exact) mass is 376 g/mol. The van der Waals surface area contributed by atoms with Gasteiger partial charge in [-0.25, -0.2) is 0 Å². The van der Waals surface area contributed by atoms with Crippen molar-refractivity contribution in [2.45, 2.75) is 12.0 Å². The van der Waals surface area contributed by atoms with Crippen molar-refractivity contribution in [2.24, 2.45) is 0 Å². The van der Waals surface area contributed by atoms with Gasteiger partial charge in [0.1, 0.15) is 35.7 Å². The minimum Gasteiger partial charge on any atom is -0.493 e. The maximum absolute atomic E-state index is 6.41. The Balaban J connectivity index is 1.63. The van der Waals surface area contributed by atoms with E-state index in [1.165, 1.54) is 0 Å². The summed E-state index contributed by atoms with van der Waals surface area (Å²) in [6, 6.07) is 7.75. The lowest BCUT2D eigenvalue weighted by Crippen LogP contribution is -2.39.